The molecule has 0 atom stereocenters. The molecule has 0 spiro atoms. The monoisotopic (exact) mass is 359 g/mol. The maximum atomic E-state index is 12.8. The molecular formula is C20H17N5O2. The van der Waals surface area contributed by atoms with Gasteiger partial charge in [-0.3, -0.25) is 14.3 Å². The molecule has 0 fully saturated rings. The molecule has 134 valence electrons. The molecule has 5 rings (SSSR count). The third-order valence-electron chi connectivity index (χ3n) is 4.87. The second kappa shape index (κ2) is 6.42. The first kappa shape index (κ1) is 15.9. The first-order valence-corrected chi connectivity index (χ1v) is 9.08. The van der Waals surface area contributed by atoms with Gasteiger partial charge in [-0.1, -0.05) is 12.5 Å². The molecule has 3 aromatic heterocycles. The van der Waals surface area contributed by atoms with Crippen molar-refractivity contribution in [3.8, 4) is 23.0 Å². The summed E-state index contributed by atoms with van der Waals surface area (Å²) >= 11 is 0. The quantitative estimate of drug-likeness (QED) is 0.546. The highest BCUT2D eigenvalue weighted by atomic mass is 16.4. The number of nitrogens with zero attached hydrogens (tertiary/aromatic N) is 5. The highest BCUT2D eigenvalue weighted by molar-refractivity contribution is 5.82. The molecule has 4 aromatic rings. The summed E-state index contributed by atoms with van der Waals surface area (Å²) in [5.41, 5.74) is 2.06. The molecule has 7 heteroatoms. The zero-order valence-corrected chi connectivity index (χ0v) is 14.6. The van der Waals surface area contributed by atoms with Crippen molar-refractivity contribution in [1.29, 1.82) is 0 Å². The Labute approximate surface area is 154 Å². The molecule has 0 bridgehead atoms. The van der Waals surface area contributed by atoms with Gasteiger partial charge in [0.2, 0.25) is 5.89 Å². The van der Waals surface area contributed by atoms with E-state index in [1.807, 2.05) is 34.9 Å². The van der Waals surface area contributed by atoms with Crippen molar-refractivity contribution in [3.63, 3.8) is 0 Å². The van der Waals surface area contributed by atoms with Crippen LogP contribution in [-0.4, -0.2) is 24.7 Å². The van der Waals surface area contributed by atoms with Gasteiger partial charge in [-0.05, 0) is 43.2 Å². The number of benzene rings is 1. The number of aryl methyl sites for hydroxylation is 1. The van der Waals surface area contributed by atoms with Crippen molar-refractivity contribution < 1.29 is 4.42 Å². The summed E-state index contributed by atoms with van der Waals surface area (Å²) in [5.74, 6) is 1.61. The summed E-state index contributed by atoms with van der Waals surface area (Å²) in [6, 6.07) is 11.0. The van der Waals surface area contributed by atoms with Crippen LogP contribution >= 0.6 is 0 Å². The van der Waals surface area contributed by atoms with Crippen LogP contribution in [-0.2, 0) is 13.0 Å². The van der Waals surface area contributed by atoms with Crippen molar-refractivity contribution in [1.82, 2.24) is 24.7 Å². The van der Waals surface area contributed by atoms with E-state index in [2.05, 4.69) is 15.2 Å². The average molecular weight is 359 g/mol. The Balaban J connectivity index is 1.59. The highest BCUT2D eigenvalue weighted by Crippen LogP contribution is 2.25. The van der Waals surface area contributed by atoms with Crippen LogP contribution in [0.2, 0.25) is 0 Å². The average Bonchev–Trinajstić information content (AvgIpc) is 3.08. The van der Waals surface area contributed by atoms with E-state index in [1.54, 1.807) is 12.3 Å². The molecule has 1 aliphatic rings. The third kappa shape index (κ3) is 2.81. The molecule has 0 saturated carbocycles. The van der Waals surface area contributed by atoms with Gasteiger partial charge in [-0.2, -0.15) is 0 Å². The Hall–Kier alpha value is -3.35. The molecule has 0 radical (unpaired) electrons. The van der Waals surface area contributed by atoms with Crippen molar-refractivity contribution in [3.05, 3.63) is 58.8 Å². The summed E-state index contributed by atoms with van der Waals surface area (Å²) in [6.07, 6.45) is 5.73. The van der Waals surface area contributed by atoms with Crippen LogP contribution in [0.5, 0.6) is 0 Å². The largest absolute Gasteiger partial charge is 0.415 e. The van der Waals surface area contributed by atoms with Gasteiger partial charge < -0.3 is 4.42 Å². The van der Waals surface area contributed by atoms with Crippen molar-refractivity contribution in [2.75, 3.05) is 0 Å². The number of pyridine rings is 1. The van der Waals surface area contributed by atoms with Crippen LogP contribution in [0.3, 0.4) is 0 Å². The molecule has 1 aromatic carbocycles. The molecule has 0 aliphatic carbocycles. The second-order valence-corrected chi connectivity index (χ2v) is 6.65. The van der Waals surface area contributed by atoms with Crippen LogP contribution in [0.4, 0.5) is 0 Å². The number of hydrogen-bond donors (Lipinski definition) is 0. The van der Waals surface area contributed by atoms with Crippen molar-refractivity contribution >= 4 is 10.9 Å². The molecule has 4 heterocycles. The van der Waals surface area contributed by atoms with Gasteiger partial charge >= 0.3 is 0 Å². The minimum Gasteiger partial charge on any atom is -0.415 e. The Bertz CT molecular complexity index is 1180. The van der Waals surface area contributed by atoms with E-state index in [0.29, 0.717) is 28.4 Å². The van der Waals surface area contributed by atoms with Crippen LogP contribution in [0, 0.1) is 0 Å². The highest BCUT2D eigenvalue weighted by Gasteiger charge is 2.16. The summed E-state index contributed by atoms with van der Waals surface area (Å²) < 4.78 is 7.59. The number of hydrogen-bond acceptors (Lipinski definition) is 6. The van der Waals surface area contributed by atoms with Gasteiger partial charge in [-0.15, -0.1) is 10.2 Å². The smallest absolute Gasteiger partial charge is 0.266 e. The molecule has 0 N–H and O–H groups in total. The van der Waals surface area contributed by atoms with E-state index < -0.39 is 0 Å². The lowest BCUT2D eigenvalue weighted by molar-refractivity contribution is 0.582. The fourth-order valence-corrected chi connectivity index (χ4v) is 3.48. The lowest BCUT2D eigenvalue weighted by Gasteiger charge is -2.10. The minimum atomic E-state index is 0.0307. The Kier molecular flexibility index (Phi) is 3.78. The zero-order chi connectivity index (χ0) is 18.2. The fraction of sp³-hybridized carbons (Fsp3) is 0.250. The Morgan fingerprint density at radius 2 is 1.93 bits per heavy atom. The summed E-state index contributed by atoms with van der Waals surface area (Å²) in [4.78, 5) is 21.8. The Morgan fingerprint density at radius 3 is 2.81 bits per heavy atom. The molecule has 7 nitrogen and oxygen atoms in total. The van der Waals surface area contributed by atoms with Gasteiger partial charge in [0.25, 0.3) is 11.4 Å². The minimum absolute atomic E-state index is 0.0307. The topological polar surface area (TPSA) is 86.7 Å². The van der Waals surface area contributed by atoms with E-state index in [-0.39, 0.29) is 5.56 Å². The van der Waals surface area contributed by atoms with E-state index in [4.69, 9.17) is 9.40 Å². The summed E-state index contributed by atoms with van der Waals surface area (Å²) in [7, 11) is 0. The van der Waals surface area contributed by atoms with E-state index in [9.17, 15) is 4.79 Å². The van der Waals surface area contributed by atoms with Crippen LogP contribution in [0.25, 0.3) is 33.9 Å². The maximum Gasteiger partial charge on any atom is 0.266 e. The van der Waals surface area contributed by atoms with Crippen LogP contribution in [0.1, 0.15) is 25.1 Å². The number of fused-ring (bicyclic) bond motifs is 2. The predicted octanol–water partition coefficient (Wildman–Crippen LogP) is 3.23. The molecule has 1 aliphatic heterocycles. The zero-order valence-electron chi connectivity index (χ0n) is 14.6. The summed E-state index contributed by atoms with van der Waals surface area (Å²) in [5, 5.41) is 8.82. The molecule has 0 unspecified atom stereocenters. The van der Waals surface area contributed by atoms with Crippen molar-refractivity contribution in [2.24, 2.45) is 0 Å². The molecule has 27 heavy (non-hydrogen) atoms. The van der Waals surface area contributed by atoms with Crippen LogP contribution in [0.15, 0.2) is 51.8 Å². The number of rotatable bonds is 2. The van der Waals surface area contributed by atoms with Gasteiger partial charge in [0.05, 0.1) is 10.9 Å². The molecule has 0 amide bonds. The molecular weight excluding hydrogens is 342 g/mol. The fourth-order valence-electron chi connectivity index (χ4n) is 3.48. The van der Waals surface area contributed by atoms with E-state index in [0.717, 1.165) is 43.6 Å². The van der Waals surface area contributed by atoms with Gasteiger partial charge in [0, 0.05) is 24.7 Å². The maximum absolute atomic E-state index is 12.8. The number of aromatic nitrogens is 5. The lowest BCUT2D eigenvalue weighted by Crippen LogP contribution is -2.24. The molecule has 0 saturated heterocycles. The predicted molar refractivity (Wildman–Crippen MR) is 100 cm³/mol. The van der Waals surface area contributed by atoms with E-state index in [1.165, 1.54) is 0 Å². The lowest BCUT2D eigenvalue weighted by atomic mass is 10.1. The van der Waals surface area contributed by atoms with Gasteiger partial charge in [-0.25, -0.2) is 4.98 Å². The van der Waals surface area contributed by atoms with Gasteiger partial charge in [0.15, 0.2) is 0 Å². The Morgan fingerprint density at radius 1 is 1.00 bits per heavy atom. The van der Waals surface area contributed by atoms with Crippen LogP contribution < -0.4 is 5.56 Å². The second-order valence-electron chi connectivity index (χ2n) is 6.65. The summed E-state index contributed by atoms with van der Waals surface area (Å²) in [6.45, 7) is 0.746. The normalized spacial score (nSPS) is 14.1. The van der Waals surface area contributed by atoms with E-state index >= 15 is 0 Å². The van der Waals surface area contributed by atoms with Gasteiger partial charge in [0.1, 0.15) is 11.5 Å². The third-order valence-corrected chi connectivity index (χ3v) is 4.87. The SMILES string of the molecule is O=c1c2ccc(-c3nnc(-c4ccccn4)o3)cc2nc2n1CCCCC2. The standard InChI is InChI=1S/C20H17N5O2/c26-20-14-9-8-13(12-16(14)22-17-7-2-1-5-11-25(17)20)18-23-24-19(27-18)15-6-3-4-10-21-15/h3-4,6,8-10,12H,1-2,5,7,11H2. The first-order chi connectivity index (χ1) is 13.3. The first-order valence-electron chi connectivity index (χ1n) is 9.08. The van der Waals surface area contributed by atoms with Crippen molar-refractivity contribution in [2.45, 2.75) is 32.2 Å².